The van der Waals surface area contributed by atoms with Crippen LogP contribution in [0.2, 0.25) is 0 Å². The van der Waals surface area contributed by atoms with Gasteiger partial charge < -0.3 is 37.2 Å². The summed E-state index contributed by atoms with van der Waals surface area (Å²) in [5.41, 5.74) is 18.0. The summed E-state index contributed by atoms with van der Waals surface area (Å²) in [4.78, 5) is 0. The second-order valence-corrected chi connectivity index (χ2v) is 17.1. The van der Waals surface area contributed by atoms with Crippen molar-refractivity contribution >= 4 is 14.7 Å². The summed E-state index contributed by atoms with van der Waals surface area (Å²) in [6, 6.07) is 24.4. The Labute approximate surface area is 317 Å². The van der Waals surface area contributed by atoms with E-state index in [0.717, 1.165) is 0 Å². The smallest absolute Gasteiger partial charge is 1.00 e. The average Bonchev–Trinajstić information content (AvgIpc) is 3.12. The average molecular weight is 730 g/mol. The summed E-state index contributed by atoms with van der Waals surface area (Å²) >= 11 is 0. The van der Waals surface area contributed by atoms with Gasteiger partial charge in [0.15, 0.2) is 0 Å². The van der Waals surface area contributed by atoms with Gasteiger partial charge in [0.25, 0.3) is 0 Å². The van der Waals surface area contributed by atoms with Crippen LogP contribution in [0.3, 0.4) is 0 Å². The maximum absolute atomic E-state index is 2.56. The topological polar surface area (TPSA) is 0 Å². The summed E-state index contributed by atoms with van der Waals surface area (Å²) < 4.78 is 0. The van der Waals surface area contributed by atoms with E-state index in [4.69, 9.17) is 0 Å². The molecule has 0 aliphatic rings. The van der Waals surface area contributed by atoms with Gasteiger partial charge in [-0.1, -0.05) is 164 Å². The number of unbranched alkanes of at least 4 members (excludes halogenated alkanes) is 1. The number of rotatable bonds is 8. The third kappa shape index (κ3) is 10.4. The molecule has 1 atom stereocenters. The normalized spacial score (nSPS) is 12.2. The van der Waals surface area contributed by atoms with Gasteiger partial charge in [0.1, 0.15) is 0 Å². The van der Waals surface area contributed by atoms with E-state index in [-0.39, 0.29) is 69.8 Å². The van der Waals surface area contributed by atoms with Crippen molar-refractivity contribution in [3.8, 4) is 11.1 Å². The van der Waals surface area contributed by atoms with Crippen LogP contribution in [0.4, 0.5) is 0 Å². The van der Waals surface area contributed by atoms with E-state index in [2.05, 4.69) is 144 Å². The van der Waals surface area contributed by atoms with E-state index in [1.807, 2.05) is 0 Å². The Kier molecular flexibility index (Phi) is 17.5. The molecule has 248 valence electrons. The summed E-state index contributed by atoms with van der Waals surface area (Å²) in [6.45, 7) is 28.1. The van der Waals surface area contributed by atoms with Gasteiger partial charge in [-0.3, -0.25) is 0 Å². The van der Waals surface area contributed by atoms with Crippen molar-refractivity contribution in [1.29, 1.82) is 0 Å². The standard InChI is InChI=1S/C41H55Si.3ClH.Ti/c1-13-14-15-31-16-18-32(19-17-31)37-29(5)28(4)30(6)38(37)39(42-36-21-26(2)20-27(3)22-36)33-23-34(40(7,8)9)25-35(24-33)41(10,11)12;;;;/h16-25,39H,13-15,42H2,1-12H3;3*1H;/q-1;;;;+4/p-3. The predicted octanol–water partition coefficient (Wildman–Crippen LogP) is 1.15. The van der Waals surface area contributed by atoms with E-state index in [1.165, 1.54) is 80.5 Å². The summed E-state index contributed by atoms with van der Waals surface area (Å²) in [6.07, 6.45) is 3.66. The van der Waals surface area contributed by atoms with Gasteiger partial charge in [0.2, 0.25) is 0 Å². The number of aryl methyl sites for hydroxylation is 3. The van der Waals surface area contributed by atoms with Crippen molar-refractivity contribution < 1.29 is 58.9 Å². The molecule has 0 nitrogen and oxygen atoms in total. The monoisotopic (exact) mass is 728 g/mol. The van der Waals surface area contributed by atoms with Crippen LogP contribution in [0.5, 0.6) is 0 Å². The number of hydrogen-bond acceptors (Lipinski definition) is 0. The van der Waals surface area contributed by atoms with Crippen LogP contribution < -0.4 is 42.4 Å². The molecule has 0 saturated carbocycles. The molecule has 0 aliphatic heterocycles. The molecule has 0 N–H and O–H groups in total. The van der Waals surface area contributed by atoms with Gasteiger partial charge in [-0.05, 0) is 59.8 Å². The van der Waals surface area contributed by atoms with Gasteiger partial charge in [-0.15, -0.1) is 16.7 Å². The quantitative estimate of drug-likeness (QED) is 0.189. The maximum atomic E-state index is 2.56. The molecule has 0 heterocycles. The molecule has 0 aliphatic carbocycles. The molecule has 1 unspecified atom stereocenters. The molecule has 0 bridgehead atoms. The Morgan fingerprint density at radius 1 is 0.674 bits per heavy atom. The zero-order valence-electron chi connectivity index (χ0n) is 30.3. The number of hydrogen-bond donors (Lipinski definition) is 0. The molecule has 4 rings (SSSR count). The van der Waals surface area contributed by atoms with Crippen molar-refractivity contribution in [2.75, 3.05) is 0 Å². The Morgan fingerprint density at radius 3 is 1.63 bits per heavy atom. The van der Waals surface area contributed by atoms with E-state index < -0.39 is 9.52 Å². The molecule has 4 aromatic rings. The van der Waals surface area contributed by atoms with Crippen LogP contribution in [0, 0.1) is 34.6 Å². The van der Waals surface area contributed by atoms with Gasteiger partial charge in [-0.2, -0.15) is 11.1 Å². The zero-order valence-corrected chi connectivity index (χ0v) is 35.6. The van der Waals surface area contributed by atoms with Crippen molar-refractivity contribution in [3.63, 3.8) is 0 Å². The largest absolute Gasteiger partial charge is 4.00 e. The minimum Gasteiger partial charge on any atom is -1.00 e. The molecule has 0 spiro atoms. The third-order valence-electron chi connectivity index (χ3n) is 9.39. The fraction of sp³-hybridized carbons (Fsp3) is 0.439. The Bertz CT molecular complexity index is 1500. The van der Waals surface area contributed by atoms with Gasteiger partial charge in [-0.25, -0.2) is 0 Å². The van der Waals surface area contributed by atoms with Crippen LogP contribution in [0.25, 0.3) is 11.1 Å². The second-order valence-electron chi connectivity index (χ2n) is 15.1. The second kappa shape index (κ2) is 18.0. The zero-order chi connectivity index (χ0) is 31.0. The van der Waals surface area contributed by atoms with Crippen LogP contribution in [-0.2, 0) is 39.0 Å². The fourth-order valence-electron chi connectivity index (χ4n) is 6.61. The Morgan fingerprint density at radius 2 is 1.17 bits per heavy atom. The molecule has 0 radical (unpaired) electrons. The first-order chi connectivity index (χ1) is 19.6. The van der Waals surface area contributed by atoms with Crippen LogP contribution in [-0.4, -0.2) is 9.52 Å². The van der Waals surface area contributed by atoms with Crippen LogP contribution in [0.1, 0.15) is 122 Å². The molecule has 0 fully saturated rings. The van der Waals surface area contributed by atoms with E-state index >= 15 is 0 Å². The minimum absolute atomic E-state index is 0. The summed E-state index contributed by atoms with van der Waals surface area (Å²) in [5, 5.41) is 1.56. The van der Waals surface area contributed by atoms with Gasteiger partial charge in [0.05, 0.1) is 9.52 Å². The van der Waals surface area contributed by atoms with Crippen molar-refractivity contribution in [2.24, 2.45) is 0 Å². The van der Waals surface area contributed by atoms with Gasteiger partial charge in [0, 0.05) is 0 Å². The molecule has 4 aromatic carbocycles. The van der Waals surface area contributed by atoms with Gasteiger partial charge >= 0.3 is 21.7 Å². The molecule has 0 saturated heterocycles. The SMILES string of the molecule is CCCCc1ccc(-c2c(C)c(C)c(C)[c-]2C([SiH2]c2cc(C)cc(C)c2)c2cc(C(C)(C)C)cc(C(C)(C)C)c2)cc1.[Cl-].[Cl-].[Cl-].[Ti+4]. The number of halogens is 3. The molecule has 0 amide bonds. The van der Waals surface area contributed by atoms with Crippen molar-refractivity contribution in [2.45, 2.75) is 119 Å². The Hall–Kier alpha value is -1.19. The molecular formula is C41H55Cl3SiTi. The maximum Gasteiger partial charge on any atom is 4.00 e. The van der Waals surface area contributed by atoms with Crippen LogP contribution >= 0.6 is 0 Å². The molecule has 0 aromatic heterocycles. The van der Waals surface area contributed by atoms with Crippen molar-refractivity contribution in [3.05, 3.63) is 116 Å². The first kappa shape index (κ1) is 44.8. The Balaban J connectivity index is 0.00000506. The molecule has 5 heteroatoms. The first-order valence-corrected chi connectivity index (χ1v) is 17.7. The van der Waals surface area contributed by atoms with Crippen LogP contribution in [0.15, 0.2) is 60.7 Å². The predicted molar refractivity (Wildman–Crippen MR) is 190 cm³/mol. The van der Waals surface area contributed by atoms with E-state index in [9.17, 15) is 0 Å². The number of benzene rings is 3. The van der Waals surface area contributed by atoms with E-state index in [0.29, 0.717) is 5.54 Å². The molecule has 46 heavy (non-hydrogen) atoms. The summed E-state index contributed by atoms with van der Waals surface area (Å²) in [7, 11) is -0.726. The molecular weight excluding hydrogens is 675 g/mol. The minimum atomic E-state index is -0.726. The van der Waals surface area contributed by atoms with Crippen molar-refractivity contribution in [1.82, 2.24) is 0 Å². The van der Waals surface area contributed by atoms with E-state index in [1.54, 1.807) is 10.8 Å². The summed E-state index contributed by atoms with van der Waals surface area (Å²) in [5.74, 6) is 0. The fourth-order valence-corrected chi connectivity index (χ4v) is 9.15. The third-order valence-corrected chi connectivity index (χ3v) is 11.6. The first-order valence-electron chi connectivity index (χ1n) is 16.2.